The van der Waals surface area contributed by atoms with Crippen molar-refractivity contribution in [2.75, 3.05) is 20.6 Å². The molecule has 1 heterocycles. The van der Waals surface area contributed by atoms with Crippen LogP contribution in [-0.4, -0.2) is 52.0 Å². The zero-order valence-corrected chi connectivity index (χ0v) is 13.9. The predicted octanol–water partition coefficient (Wildman–Crippen LogP) is 1.79. The lowest BCUT2D eigenvalue weighted by molar-refractivity contribution is 0.0768. The number of hydrogen-bond donors (Lipinski definition) is 1. The quantitative estimate of drug-likeness (QED) is 0.914. The highest BCUT2D eigenvalue weighted by Crippen LogP contribution is 2.32. The van der Waals surface area contributed by atoms with E-state index < -0.39 is 0 Å². The van der Waals surface area contributed by atoms with Crippen molar-refractivity contribution in [2.24, 2.45) is 0 Å². The van der Waals surface area contributed by atoms with Crippen LogP contribution in [0.1, 0.15) is 35.3 Å². The molecule has 1 aliphatic carbocycles. The Labute approximate surface area is 136 Å². The van der Waals surface area contributed by atoms with Gasteiger partial charge in [-0.2, -0.15) is 0 Å². The van der Waals surface area contributed by atoms with Gasteiger partial charge in [-0.25, -0.2) is 4.68 Å². The van der Waals surface area contributed by atoms with Gasteiger partial charge in [-0.1, -0.05) is 22.9 Å². The van der Waals surface area contributed by atoms with Gasteiger partial charge < -0.3 is 10.2 Å². The third-order valence-electron chi connectivity index (χ3n) is 4.33. The first-order valence-electron chi connectivity index (χ1n) is 7.94. The highest BCUT2D eigenvalue weighted by molar-refractivity contribution is 5.92. The number of aryl methyl sites for hydroxylation is 1. The molecule has 3 rings (SSSR count). The summed E-state index contributed by atoms with van der Waals surface area (Å²) < 4.78 is 1.63. The molecule has 1 aromatic heterocycles. The van der Waals surface area contributed by atoms with Crippen LogP contribution in [-0.2, 0) is 0 Å². The number of carbonyl (C=O) groups excluding carboxylic acids is 1. The van der Waals surface area contributed by atoms with Crippen molar-refractivity contribution in [3.8, 4) is 5.69 Å². The maximum atomic E-state index is 12.5. The molecule has 0 saturated heterocycles. The van der Waals surface area contributed by atoms with Gasteiger partial charge in [0.2, 0.25) is 0 Å². The van der Waals surface area contributed by atoms with Gasteiger partial charge in [0.05, 0.1) is 17.4 Å². The smallest absolute Gasteiger partial charge is 0.273 e. The first kappa shape index (κ1) is 15.7. The summed E-state index contributed by atoms with van der Waals surface area (Å²) in [5.41, 5.74) is 2.32. The maximum absolute atomic E-state index is 12.5. The minimum Gasteiger partial charge on any atom is -0.344 e. The summed E-state index contributed by atoms with van der Waals surface area (Å²) in [6.07, 6.45) is 4.87. The largest absolute Gasteiger partial charge is 0.344 e. The van der Waals surface area contributed by atoms with E-state index in [2.05, 4.69) is 20.5 Å². The number of nitrogens with zero attached hydrogens (tertiary/aromatic N) is 4. The van der Waals surface area contributed by atoms with Gasteiger partial charge >= 0.3 is 0 Å². The highest BCUT2D eigenvalue weighted by Gasteiger charge is 2.39. The van der Waals surface area contributed by atoms with E-state index in [1.807, 2.05) is 45.3 Å². The van der Waals surface area contributed by atoms with E-state index in [4.69, 9.17) is 0 Å². The normalized spacial score (nSPS) is 16.2. The molecule has 1 fully saturated rings. The van der Waals surface area contributed by atoms with E-state index in [9.17, 15) is 4.79 Å². The van der Waals surface area contributed by atoms with Crippen molar-refractivity contribution >= 4 is 5.91 Å². The van der Waals surface area contributed by atoms with Gasteiger partial charge in [0.15, 0.2) is 5.69 Å². The summed E-state index contributed by atoms with van der Waals surface area (Å²) in [5, 5.41) is 11.2. The fourth-order valence-electron chi connectivity index (χ4n) is 3.03. The van der Waals surface area contributed by atoms with Gasteiger partial charge in [0.25, 0.3) is 5.91 Å². The summed E-state index contributed by atoms with van der Waals surface area (Å²) >= 11 is 0. The standard InChI is InChI=1S/C17H23N5O/c1-13-5-7-14(8-6-13)22-11-15(19-20-22)16(23)18-17(9-4-10-17)12-21(2)3/h5-8,11H,4,9-10,12H2,1-3H3,(H,18,23). The first-order valence-corrected chi connectivity index (χ1v) is 7.94. The predicted molar refractivity (Wildman–Crippen MR) is 88.7 cm³/mol. The molecule has 0 atom stereocenters. The van der Waals surface area contributed by atoms with Crippen LogP contribution in [0.25, 0.3) is 5.69 Å². The number of amides is 1. The third-order valence-corrected chi connectivity index (χ3v) is 4.33. The van der Waals surface area contributed by atoms with Crippen LogP contribution in [0.4, 0.5) is 0 Å². The van der Waals surface area contributed by atoms with Crippen molar-refractivity contribution in [2.45, 2.75) is 31.7 Å². The second-order valence-electron chi connectivity index (χ2n) is 6.71. The molecule has 122 valence electrons. The van der Waals surface area contributed by atoms with E-state index >= 15 is 0 Å². The number of likely N-dealkylation sites (N-methyl/N-ethyl adjacent to an activating group) is 1. The number of hydrogen-bond acceptors (Lipinski definition) is 4. The minimum absolute atomic E-state index is 0.117. The molecule has 0 radical (unpaired) electrons. The number of aromatic nitrogens is 3. The fraction of sp³-hybridized carbons (Fsp3) is 0.471. The first-order chi connectivity index (χ1) is 11.0. The Morgan fingerprint density at radius 3 is 2.57 bits per heavy atom. The SMILES string of the molecule is Cc1ccc(-n2cc(C(=O)NC3(CN(C)C)CCC3)nn2)cc1. The molecule has 23 heavy (non-hydrogen) atoms. The Morgan fingerprint density at radius 2 is 2.00 bits per heavy atom. The van der Waals surface area contributed by atoms with Crippen molar-refractivity contribution in [3.63, 3.8) is 0 Å². The number of rotatable bonds is 5. The molecule has 0 bridgehead atoms. The lowest BCUT2D eigenvalue weighted by atomic mass is 9.76. The summed E-state index contributed by atoms with van der Waals surface area (Å²) in [6, 6.07) is 7.95. The van der Waals surface area contributed by atoms with Crippen molar-refractivity contribution in [1.29, 1.82) is 0 Å². The Kier molecular flexibility index (Phi) is 4.17. The second-order valence-corrected chi connectivity index (χ2v) is 6.71. The van der Waals surface area contributed by atoms with Crippen molar-refractivity contribution in [1.82, 2.24) is 25.2 Å². The Hall–Kier alpha value is -2.21. The van der Waals surface area contributed by atoms with E-state index in [-0.39, 0.29) is 11.4 Å². The lowest BCUT2D eigenvalue weighted by Gasteiger charge is -2.44. The van der Waals surface area contributed by atoms with Crippen LogP contribution in [0, 0.1) is 6.92 Å². The van der Waals surface area contributed by atoms with Crippen LogP contribution in [0.3, 0.4) is 0 Å². The molecule has 0 spiro atoms. The molecular weight excluding hydrogens is 290 g/mol. The average Bonchev–Trinajstić information content (AvgIpc) is 2.95. The second kappa shape index (κ2) is 6.12. The molecule has 0 unspecified atom stereocenters. The molecule has 1 amide bonds. The zero-order valence-electron chi connectivity index (χ0n) is 13.9. The van der Waals surface area contributed by atoms with Gasteiger partial charge in [-0.3, -0.25) is 4.79 Å². The van der Waals surface area contributed by atoms with Gasteiger partial charge in [0.1, 0.15) is 0 Å². The minimum atomic E-state index is -0.148. The summed E-state index contributed by atoms with van der Waals surface area (Å²) in [6.45, 7) is 2.89. The number of carbonyl (C=O) groups is 1. The van der Waals surface area contributed by atoms with Gasteiger partial charge in [-0.05, 0) is 52.4 Å². The molecule has 1 N–H and O–H groups in total. The van der Waals surface area contributed by atoms with Crippen molar-refractivity contribution in [3.05, 3.63) is 41.7 Å². The molecule has 6 heteroatoms. The molecule has 6 nitrogen and oxygen atoms in total. The zero-order chi connectivity index (χ0) is 16.4. The summed E-state index contributed by atoms with van der Waals surface area (Å²) in [4.78, 5) is 14.6. The van der Waals surface area contributed by atoms with Gasteiger partial charge in [0, 0.05) is 6.54 Å². The molecule has 0 aliphatic heterocycles. The monoisotopic (exact) mass is 313 g/mol. The van der Waals surface area contributed by atoms with Crippen LogP contribution >= 0.6 is 0 Å². The average molecular weight is 313 g/mol. The Balaban J connectivity index is 1.72. The van der Waals surface area contributed by atoms with E-state index in [0.717, 1.165) is 31.5 Å². The fourth-order valence-corrected chi connectivity index (χ4v) is 3.03. The van der Waals surface area contributed by atoms with E-state index in [1.54, 1.807) is 10.9 Å². The molecule has 1 aliphatic rings. The van der Waals surface area contributed by atoms with E-state index in [0.29, 0.717) is 5.69 Å². The van der Waals surface area contributed by atoms with Crippen LogP contribution in [0.5, 0.6) is 0 Å². The van der Waals surface area contributed by atoms with Crippen molar-refractivity contribution < 1.29 is 4.79 Å². The van der Waals surface area contributed by atoms with Gasteiger partial charge in [-0.15, -0.1) is 5.10 Å². The number of nitrogens with one attached hydrogen (secondary N) is 1. The topological polar surface area (TPSA) is 63.1 Å². The molecular formula is C17H23N5O. The molecule has 1 saturated carbocycles. The van der Waals surface area contributed by atoms with Crippen LogP contribution in [0.2, 0.25) is 0 Å². The Morgan fingerprint density at radius 1 is 1.30 bits per heavy atom. The summed E-state index contributed by atoms with van der Waals surface area (Å²) in [5.74, 6) is -0.148. The molecule has 1 aromatic carbocycles. The highest BCUT2D eigenvalue weighted by atomic mass is 16.2. The Bertz CT molecular complexity index is 685. The van der Waals surface area contributed by atoms with E-state index in [1.165, 1.54) is 5.56 Å². The number of benzene rings is 1. The van der Waals surface area contributed by atoms with Crippen LogP contribution in [0.15, 0.2) is 30.5 Å². The van der Waals surface area contributed by atoms with Crippen LogP contribution < -0.4 is 5.32 Å². The summed E-state index contributed by atoms with van der Waals surface area (Å²) in [7, 11) is 4.06. The lowest BCUT2D eigenvalue weighted by Crippen LogP contribution is -2.58. The maximum Gasteiger partial charge on any atom is 0.273 e. The third kappa shape index (κ3) is 3.42. The molecule has 2 aromatic rings.